The maximum atomic E-state index is 10.8. The van der Waals surface area contributed by atoms with Crippen molar-refractivity contribution in [3.8, 4) is 11.3 Å². The molecule has 6 heteroatoms. The van der Waals surface area contributed by atoms with E-state index in [9.17, 15) is 4.79 Å². The van der Waals surface area contributed by atoms with Crippen LogP contribution in [0, 0.1) is 0 Å². The van der Waals surface area contributed by atoms with Crippen LogP contribution < -0.4 is 0 Å². The molecule has 0 amide bonds. The lowest BCUT2D eigenvalue weighted by Crippen LogP contribution is -1.95. The van der Waals surface area contributed by atoms with Crippen LogP contribution in [0.25, 0.3) is 11.3 Å². The standard InChI is InChI=1S/C12H10ClNO4/c1-17-6-7-3-2-4-8(13)11(7)10-5-9(12(15)16)14-18-10/h2-5H,6H2,1H3,(H,15,16). The normalized spacial score (nSPS) is 10.6. The van der Waals surface area contributed by atoms with E-state index in [1.165, 1.54) is 6.07 Å². The van der Waals surface area contributed by atoms with Crippen molar-refractivity contribution in [2.75, 3.05) is 7.11 Å². The number of benzene rings is 1. The minimum atomic E-state index is -1.15. The van der Waals surface area contributed by atoms with Crippen LogP contribution >= 0.6 is 11.6 Å². The Kier molecular flexibility index (Phi) is 3.64. The zero-order chi connectivity index (χ0) is 13.1. The van der Waals surface area contributed by atoms with Crippen molar-refractivity contribution in [1.29, 1.82) is 0 Å². The van der Waals surface area contributed by atoms with Gasteiger partial charge in [0.25, 0.3) is 0 Å². The summed E-state index contributed by atoms with van der Waals surface area (Å²) in [7, 11) is 1.56. The number of halogens is 1. The molecule has 0 radical (unpaired) electrons. The number of nitrogens with zero attached hydrogens (tertiary/aromatic N) is 1. The summed E-state index contributed by atoms with van der Waals surface area (Å²) in [4.78, 5) is 10.8. The number of carboxylic acids is 1. The van der Waals surface area contributed by atoms with Crippen molar-refractivity contribution in [1.82, 2.24) is 5.16 Å². The highest BCUT2D eigenvalue weighted by molar-refractivity contribution is 6.33. The van der Waals surface area contributed by atoms with Crippen LogP contribution in [0.2, 0.25) is 5.02 Å². The third-order valence-corrected chi connectivity index (χ3v) is 2.69. The summed E-state index contributed by atoms with van der Waals surface area (Å²) in [6, 6.07) is 6.64. The molecule has 0 unspecified atom stereocenters. The molecule has 0 aliphatic rings. The van der Waals surface area contributed by atoms with Crippen LogP contribution in [-0.2, 0) is 11.3 Å². The Balaban J connectivity index is 2.51. The van der Waals surface area contributed by atoms with E-state index < -0.39 is 5.97 Å². The van der Waals surface area contributed by atoms with Gasteiger partial charge in [0, 0.05) is 18.7 Å². The minimum Gasteiger partial charge on any atom is -0.476 e. The topological polar surface area (TPSA) is 72.6 Å². The van der Waals surface area contributed by atoms with Gasteiger partial charge in [-0.3, -0.25) is 0 Å². The number of hydrogen-bond acceptors (Lipinski definition) is 4. The Hall–Kier alpha value is -1.85. The Morgan fingerprint density at radius 1 is 1.56 bits per heavy atom. The summed E-state index contributed by atoms with van der Waals surface area (Å²) in [5.74, 6) is -0.838. The van der Waals surface area contributed by atoms with Gasteiger partial charge >= 0.3 is 5.97 Å². The Labute approximate surface area is 108 Å². The molecule has 2 aromatic rings. The molecule has 18 heavy (non-hydrogen) atoms. The number of aromatic nitrogens is 1. The fraction of sp³-hybridized carbons (Fsp3) is 0.167. The van der Waals surface area contributed by atoms with Crippen LogP contribution in [0.4, 0.5) is 0 Å². The van der Waals surface area contributed by atoms with Gasteiger partial charge in [0.15, 0.2) is 11.5 Å². The molecule has 0 spiro atoms. The quantitative estimate of drug-likeness (QED) is 0.922. The van der Waals surface area contributed by atoms with E-state index in [-0.39, 0.29) is 5.69 Å². The summed E-state index contributed by atoms with van der Waals surface area (Å²) in [6.45, 7) is 0.346. The number of carboxylic acid groups (broad SMARTS) is 1. The molecule has 5 nitrogen and oxygen atoms in total. The van der Waals surface area contributed by atoms with E-state index in [0.717, 1.165) is 5.56 Å². The number of ether oxygens (including phenoxy) is 1. The first kappa shape index (κ1) is 12.6. The molecule has 1 N–H and O–H groups in total. The van der Waals surface area contributed by atoms with Crippen molar-refractivity contribution in [2.45, 2.75) is 6.61 Å². The Morgan fingerprint density at radius 2 is 2.33 bits per heavy atom. The van der Waals surface area contributed by atoms with Crippen LogP contribution in [0.3, 0.4) is 0 Å². The van der Waals surface area contributed by atoms with Crippen molar-refractivity contribution in [3.05, 3.63) is 40.5 Å². The van der Waals surface area contributed by atoms with Gasteiger partial charge in [-0.2, -0.15) is 0 Å². The third-order valence-electron chi connectivity index (χ3n) is 2.38. The molecule has 0 aliphatic carbocycles. The molecular weight excluding hydrogens is 258 g/mol. The van der Waals surface area contributed by atoms with Gasteiger partial charge in [0.1, 0.15) is 0 Å². The predicted molar refractivity (Wildman–Crippen MR) is 64.6 cm³/mol. The number of hydrogen-bond donors (Lipinski definition) is 1. The van der Waals surface area contributed by atoms with Gasteiger partial charge in [-0.25, -0.2) is 4.79 Å². The summed E-state index contributed by atoms with van der Waals surface area (Å²) in [5.41, 5.74) is 1.24. The first-order chi connectivity index (χ1) is 8.63. The molecule has 0 bridgehead atoms. The van der Waals surface area contributed by atoms with Gasteiger partial charge in [0.05, 0.1) is 11.6 Å². The third kappa shape index (κ3) is 2.37. The summed E-state index contributed by atoms with van der Waals surface area (Å²) in [5, 5.41) is 12.7. The Morgan fingerprint density at radius 3 is 2.94 bits per heavy atom. The predicted octanol–water partition coefficient (Wildman–Crippen LogP) is 2.84. The molecule has 1 aromatic heterocycles. The molecule has 0 saturated carbocycles. The highest BCUT2D eigenvalue weighted by atomic mass is 35.5. The highest BCUT2D eigenvalue weighted by Gasteiger charge is 2.17. The average molecular weight is 268 g/mol. The summed E-state index contributed by atoms with van der Waals surface area (Å²) < 4.78 is 10.1. The lowest BCUT2D eigenvalue weighted by Gasteiger charge is -2.07. The van der Waals surface area contributed by atoms with E-state index in [2.05, 4.69) is 5.16 Å². The lowest BCUT2D eigenvalue weighted by molar-refractivity contribution is 0.0686. The van der Waals surface area contributed by atoms with Crippen LogP contribution in [0.5, 0.6) is 0 Å². The number of methoxy groups -OCH3 is 1. The first-order valence-electron chi connectivity index (χ1n) is 5.10. The second-order valence-electron chi connectivity index (χ2n) is 3.59. The Bertz CT molecular complexity index is 579. The van der Waals surface area contributed by atoms with Gasteiger partial charge in [-0.05, 0) is 11.6 Å². The van der Waals surface area contributed by atoms with Gasteiger partial charge in [0.2, 0.25) is 0 Å². The number of aromatic carboxylic acids is 1. The largest absolute Gasteiger partial charge is 0.476 e. The number of carbonyl (C=O) groups is 1. The van der Waals surface area contributed by atoms with Gasteiger partial charge in [-0.1, -0.05) is 28.9 Å². The van der Waals surface area contributed by atoms with Gasteiger partial charge in [-0.15, -0.1) is 0 Å². The van der Waals surface area contributed by atoms with Crippen molar-refractivity contribution >= 4 is 17.6 Å². The van der Waals surface area contributed by atoms with E-state index in [1.807, 2.05) is 6.07 Å². The van der Waals surface area contributed by atoms with E-state index >= 15 is 0 Å². The van der Waals surface area contributed by atoms with Crippen LogP contribution in [0.1, 0.15) is 16.1 Å². The molecule has 1 aromatic carbocycles. The summed E-state index contributed by atoms with van der Waals surface area (Å²) >= 11 is 6.10. The van der Waals surface area contributed by atoms with Crippen molar-refractivity contribution < 1.29 is 19.2 Å². The lowest BCUT2D eigenvalue weighted by atomic mass is 10.1. The smallest absolute Gasteiger partial charge is 0.358 e. The average Bonchev–Trinajstić information content (AvgIpc) is 2.79. The van der Waals surface area contributed by atoms with E-state index in [1.54, 1.807) is 19.2 Å². The molecule has 0 saturated heterocycles. The summed E-state index contributed by atoms with van der Waals surface area (Å²) in [6.07, 6.45) is 0. The number of rotatable bonds is 4. The second-order valence-corrected chi connectivity index (χ2v) is 4.00. The minimum absolute atomic E-state index is 0.159. The maximum Gasteiger partial charge on any atom is 0.358 e. The first-order valence-corrected chi connectivity index (χ1v) is 5.48. The van der Waals surface area contributed by atoms with Crippen molar-refractivity contribution in [2.24, 2.45) is 0 Å². The molecule has 1 heterocycles. The van der Waals surface area contributed by atoms with Crippen LogP contribution in [-0.4, -0.2) is 23.3 Å². The zero-order valence-corrected chi connectivity index (χ0v) is 10.3. The van der Waals surface area contributed by atoms with Gasteiger partial charge < -0.3 is 14.4 Å². The molecule has 0 aliphatic heterocycles. The fourth-order valence-electron chi connectivity index (χ4n) is 1.61. The molecule has 0 fully saturated rings. The van der Waals surface area contributed by atoms with E-state index in [0.29, 0.717) is 23.0 Å². The second kappa shape index (κ2) is 5.20. The van der Waals surface area contributed by atoms with Crippen LogP contribution in [0.15, 0.2) is 28.8 Å². The SMILES string of the molecule is COCc1cccc(Cl)c1-c1cc(C(=O)O)no1. The van der Waals surface area contributed by atoms with Crippen molar-refractivity contribution in [3.63, 3.8) is 0 Å². The molecule has 0 atom stereocenters. The molecular formula is C12H10ClNO4. The molecule has 2 rings (SSSR count). The fourth-order valence-corrected chi connectivity index (χ4v) is 1.90. The highest BCUT2D eigenvalue weighted by Crippen LogP contribution is 2.32. The zero-order valence-electron chi connectivity index (χ0n) is 9.51. The molecule has 94 valence electrons. The van der Waals surface area contributed by atoms with E-state index in [4.69, 9.17) is 26.0 Å². The maximum absolute atomic E-state index is 10.8. The monoisotopic (exact) mass is 267 g/mol.